The van der Waals surface area contributed by atoms with Crippen LogP contribution < -0.4 is 4.98 Å². The third-order valence-corrected chi connectivity index (χ3v) is 2.78. The van der Waals surface area contributed by atoms with Gasteiger partial charge in [-0.15, -0.1) is 0 Å². The molecule has 0 spiro atoms. The smallest absolute Gasteiger partial charge is 0.144 e. The van der Waals surface area contributed by atoms with Crippen molar-refractivity contribution < 1.29 is 0 Å². The van der Waals surface area contributed by atoms with Gasteiger partial charge in [0.15, 0.2) is 0 Å². The number of rotatable bonds is 2. The molecule has 0 aliphatic rings. The van der Waals surface area contributed by atoms with Crippen molar-refractivity contribution in [3.05, 3.63) is 29.3 Å². The Labute approximate surface area is 82.3 Å². The maximum Gasteiger partial charge on any atom is 0.144 e. The zero-order valence-electron chi connectivity index (χ0n) is 9.23. The van der Waals surface area contributed by atoms with Crippen molar-refractivity contribution in [3.63, 3.8) is 0 Å². The fraction of sp³-hybridized carbons (Fsp3) is 0.455. The van der Waals surface area contributed by atoms with Gasteiger partial charge in [-0.1, -0.05) is 25.7 Å². The fourth-order valence-electron chi connectivity index (χ4n) is 1.48. The summed E-state index contributed by atoms with van der Waals surface area (Å²) in [5.74, 6) is 0. The standard InChI is InChI=1S/C11H19NSi/c1-9-6-10(2)8-11(7-9)12-13(3,4)5/h6-8,12H,1-5H3. The molecule has 0 aliphatic heterocycles. The second-order valence-electron chi connectivity index (χ2n) is 4.75. The molecule has 0 saturated heterocycles. The van der Waals surface area contributed by atoms with Crippen LogP contribution in [0.15, 0.2) is 18.2 Å². The summed E-state index contributed by atoms with van der Waals surface area (Å²) in [6, 6.07) is 6.63. The molecule has 0 fully saturated rings. The van der Waals surface area contributed by atoms with Crippen molar-refractivity contribution in [1.29, 1.82) is 0 Å². The largest absolute Gasteiger partial charge is 0.411 e. The Morgan fingerprint density at radius 1 is 0.923 bits per heavy atom. The molecular formula is C11H19NSi. The minimum Gasteiger partial charge on any atom is -0.411 e. The average molecular weight is 193 g/mol. The summed E-state index contributed by atoms with van der Waals surface area (Å²) >= 11 is 0. The van der Waals surface area contributed by atoms with Crippen molar-refractivity contribution in [1.82, 2.24) is 0 Å². The lowest BCUT2D eigenvalue weighted by atomic mass is 10.1. The third kappa shape index (κ3) is 3.64. The van der Waals surface area contributed by atoms with Crippen LogP contribution in [-0.2, 0) is 0 Å². The van der Waals surface area contributed by atoms with E-state index in [1.54, 1.807) is 0 Å². The Hall–Kier alpha value is -0.763. The molecule has 0 amide bonds. The molecule has 1 aromatic rings. The zero-order valence-corrected chi connectivity index (χ0v) is 10.2. The monoisotopic (exact) mass is 193 g/mol. The first kappa shape index (κ1) is 10.3. The Morgan fingerprint density at radius 2 is 1.38 bits per heavy atom. The molecule has 1 rings (SSSR count). The molecule has 72 valence electrons. The molecule has 1 aromatic carbocycles. The van der Waals surface area contributed by atoms with Gasteiger partial charge in [-0.3, -0.25) is 0 Å². The quantitative estimate of drug-likeness (QED) is 0.708. The van der Waals surface area contributed by atoms with E-state index >= 15 is 0 Å². The molecule has 0 radical (unpaired) electrons. The topological polar surface area (TPSA) is 12.0 Å². The molecule has 0 aliphatic carbocycles. The number of hydrogen-bond acceptors (Lipinski definition) is 1. The Kier molecular flexibility index (Phi) is 2.81. The fourth-order valence-corrected chi connectivity index (χ4v) is 2.49. The molecule has 1 N–H and O–H groups in total. The lowest BCUT2D eigenvalue weighted by Gasteiger charge is -2.20. The minimum atomic E-state index is -1.19. The third-order valence-electron chi connectivity index (χ3n) is 1.74. The second kappa shape index (κ2) is 3.54. The first-order chi connectivity index (χ1) is 5.87. The van der Waals surface area contributed by atoms with Crippen LogP contribution in [0.25, 0.3) is 0 Å². The van der Waals surface area contributed by atoms with E-state index in [2.05, 4.69) is 56.7 Å². The SMILES string of the molecule is Cc1cc(C)cc(N[Si](C)(C)C)c1. The van der Waals surface area contributed by atoms with Gasteiger partial charge < -0.3 is 4.98 Å². The number of nitrogens with one attached hydrogen (secondary N) is 1. The van der Waals surface area contributed by atoms with Crippen LogP contribution in [0.2, 0.25) is 19.6 Å². The number of aryl methyl sites for hydroxylation is 2. The number of benzene rings is 1. The van der Waals surface area contributed by atoms with E-state index in [0.717, 1.165) is 0 Å². The average Bonchev–Trinajstić information content (AvgIpc) is 1.78. The summed E-state index contributed by atoms with van der Waals surface area (Å²) < 4.78 is 0. The molecule has 13 heavy (non-hydrogen) atoms. The highest BCUT2D eigenvalue weighted by atomic mass is 28.3. The van der Waals surface area contributed by atoms with Gasteiger partial charge >= 0.3 is 0 Å². The number of hydrogen-bond donors (Lipinski definition) is 1. The lowest BCUT2D eigenvalue weighted by molar-refractivity contribution is 1.38. The van der Waals surface area contributed by atoms with E-state index in [9.17, 15) is 0 Å². The highest BCUT2D eigenvalue weighted by Gasteiger charge is 2.12. The summed E-state index contributed by atoms with van der Waals surface area (Å²) in [5.41, 5.74) is 3.94. The molecule has 0 unspecified atom stereocenters. The van der Waals surface area contributed by atoms with E-state index in [4.69, 9.17) is 0 Å². The van der Waals surface area contributed by atoms with E-state index in [1.807, 2.05) is 0 Å². The highest BCUT2D eigenvalue weighted by Crippen LogP contribution is 2.16. The van der Waals surface area contributed by atoms with Gasteiger partial charge in [-0.25, -0.2) is 0 Å². The van der Waals surface area contributed by atoms with Crippen LogP contribution in [0, 0.1) is 13.8 Å². The molecule has 0 saturated carbocycles. The van der Waals surface area contributed by atoms with E-state index < -0.39 is 8.24 Å². The molecule has 2 heteroatoms. The van der Waals surface area contributed by atoms with Crippen molar-refractivity contribution in [2.75, 3.05) is 4.98 Å². The van der Waals surface area contributed by atoms with Crippen LogP contribution in [0.3, 0.4) is 0 Å². The van der Waals surface area contributed by atoms with Gasteiger partial charge in [0.25, 0.3) is 0 Å². The van der Waals surface area contributed by atoms with Crippen molar-refractivity contribution in [2.24, 2.45) is 0 Å². The van der Waals surface area contributed by atoms with Gasteiger partial charge in [-0.05, 0) is 37.1 Å². The molecule has 0 atom stereocenters. The summed E-state index contributed by atoms with van der Waals surface area (Å²) in [6.45, 7) is 11.2. The maximum atomic E-state index is 3.60. The summed E-state index contributed by atoms with van der Waals surface area (Å²) in [5, 5.41) is 0. The molecule has 1 nitrogen and oxygen atoms in total. The lowest BCUT2D eigenvalue weighted by Crippen LogP contribution is -2.32. The molecule has 0 heterocycles. The van der Waals surface area contributed by atoms with Gasteiger partial charge in [0, 0.05) is 5.69 Å². The van der Waals surface area contributed by atoms with Crippen LogP contribution in [-0.4, -0.2) is 8.24 Å². The summed E-state index contributed by atoms with van der Waals surface area (Å²) in [4.78, 5) is 3.60. The van der Waals surface area contributed by atoms with Gasteiger partial charge in [-0.2, -0.15) is 0 Å². The van der Waals surface area contributed by atoms with Crippen LogP contribution >= 0.6 is 0 Å². The summed E-state index contributed by atoms with van der Waals surface area (Å²) in [7, 11) is -1.19. The van der Waals surface area contributed by atoms with Crippen molar-refractivity contribution in [2.45, 2.75) is 33.5 Å². The molecular weight excluding hydrogens is 174 g/mol. The van der Waals surface area contributed by atoms with E-state index in [0.29, 0.717) is 0 Å². The van der Waals surface area contributed by atoms with Crippen molar-refractivity contribution >= 4 is 13.9 Å². The zero-order chi connectivity index (χ0) is 10.1. The van der Waals surface area contributed by atoms with E-state index in [1.165, 1.54) is 16.8 Å². The minimum absolute atomic E-state index is 1.19. The van der Waals surface area contributed by atoms with Crippen LogP contribution in [0.5, 0.6) is 0 Å². The van der Waals surface area contributed by atoms with Crippen LogP contribution in [0.1, 0.15) is 11.1 Å². The highest BCUT2D eigenvalue weighted by molar-refractivity contribution is 6.79. The van der Waals surface area contributed by atoms with Crippen LogP contribution in [0.4, 0.5) is 5.69 Å². The molecule has 0 aromatic heterocycles. The van der Waals surface area contributed by atoms with Crippen molar-refractivity contribution in [3.8, 4) is 0 Å². The first-order valence-corrected chi connectivity index (χ1v) is 8.23. The Balaban J connectivity index is 2.90. The predicted octanol–water partition coefficient (Wildman–Crippen LogP) is 3.55. The maximum absolute atomic E-state index is 3.60. The summed E-state index contributed by atoms with van der Waals surface area (Å²) in [6.07, 6.45) is 0. The second-order valence-corrected chi connectivity index (χ2v) is 9.50. The van der Waals surface area contributed by atoms with Gasteiger partial charge in [0.1, 0.15) is 8.24 Å². The Morgan fingerprint density at radius 3 is 1.77 bits per heavy atom. The van der Waals surface area contributed by atoms with Gasteiger partial charge in [0.2, 0.25) is 0 Å². The Bertz CT molecular complexity index is 279. The van der Waals surface area contributed by atoms with E-state index in [-0.39, 0.29) is 0 Å². The van der Waals surface area contributed by atoms with Gasteiger partial charge in [0.05, 0.1) is 0 Å². The molecule has 0 bridgehead atoms. The number of anilines is 1. The normalized spacial score (nSPS) is 11.5. The predicted molar refractivity (Wildman–Crippen MR) is 62.9 cm³/mol. The first-order valence-electron chi connectivity index (χ1n) is 4.73.